The standard InChI is InChI=1S/C6H12O2.C5H10O2.2C2H4/c1-3-4-8-6-5-7-2;1-2-4-7-5-3-6;2*1-2/h3H,1,4-6H2,2H3;2,6H,1,3-5H2;2*1-2H2. The summed E-state index contributed by atoms with van der Waals surface area (Å²) in [4.78, 5) is 0. The molecule has 0 saturated carbocycles. The molecule has 0 aromatic rings. The molecule has 0 unspecified atom stereocenters. The first kappa shape index (κ1) is 26.4. The van der Waals surface area contributed by atoms with Crippen molar-refractivity contribution in [2.75, 3.05) is 46.8 Å². The Morgan fingerprint density at radius 3 is 1.58 bits per heavy atom. The van der Waals surface area contributed by atoms with Crippen molar-refractivity contribution in [3.8, 4) is 0 Å². The van der Waals surface area contributed by atoms with Crippen molar-refractivity contribution >= 4 is 0 Å². The minimum Gasteiger partial charge on any atom is -0.394 e. The van der Waals surface area contributed by atoms with E-state index < -0.39 is 0 Å². The number of methoxy groups -OCH3 is 1. The highest BCUT2D eigenvalue weighted by Gasteiger charge is 1.79. The van der Waals surface area contributed by atoms with E-state index >= 15 is 0 Å². The Morgan fingerprint density at radius 1 is 0.842 bits per heavy atom. The second-order valence-corrected chi connectivity index (χ2v) is 2.44. The Balaban J connectivity index is -0.0000000941. The smallest absolute Gasteiger partial charge is 0.0704 e. The minimum atomic E-state index is 0.0911. The van der Waals surface area contributed by atoms with Gasteiger partial charge in [-0.1, -0.05) is 12.2 Å². The van der Waals surface area contributed by atoms with Gasteiger partial charge in [-0.25, -0.2) is 0 Å². The molecule has 0 saturated heterocycles. The van der Waals surface area contributed by atoms with Gasteiger partial charge in [0.05, 0.1) is 39.6 Å². The molecule has 0 bridgehead atoms. The fraction of sp³-hybridized carbons (Fsp3) is 0.467. The molecule has 0 fully saturated rings. The summed E-state index contributed by atoms with van der Waals surface area (Å²) in [6.45, 7) is 21.9. The third-order valence-corrected chi connectivity index (χ3v) is 1.14. The summed E-state index contributed by atoms with van der Waals surface area (Å²) in [6.07, 6.45) is 3.37. The predicted molar refractivity (Wildman–Crippen MR) is 83.5 cm³/mol. The van der Waals surface area contributed by atoms with Gasteiger partial charge in [0.1, 0.15) is 0 Å². The van der Waals surface area contributed by atoms with E-state index in [-0.39, 0.29) is 6.61 Å². The minimum absolute atomic E-state index is 0.0911. The highest BCUT2D eigenvalue weighted by molar-refractivity contribution is 4.63. The van der Waals surface area contributed by atoms with E-state index in [0.717, 1.165) is 0 Å². The van der Waals surface area contributed by atoms with Crippen LogP contribution in [-0.2, 0) is 14.2 Å². The summed E-state index contributed by atoms with van der Waals surface area (Å²) in [6, 6.07) is 0. The lowest BCUT2D eigenvalue weighted by molar-refractivity contribution is 0.0854. The molecular formula is C15H30O4. The van der Waals surface area contributed by atoms with Crippen LogP contribution in [0.3, 0.4) is 0 Å². The molecule has 4 nitrogen and oxygen atoms in total. The Morgan fingerprint density at radius 2 is 1.26 bits per heavy atom. The van der Waals surface area contributed by atoms with Crippen molar-refractivity contribution in [3.05, 3.63) is 51.6 Å². The molecule has 4 heteroatoms. The third kappa shape index (κ3) is 60.5. The van der Waals surface area contributed by atoms with Gasteiger partial charge in [-0.3, -0.25) is 0 Å². The van der Waals surface area contributed by atoms with Gasteiger partial charge in [0.2, 0.25) is 0 Å². The van der Waals surface area contributed by atoms with Crippen LogP contribution in [0.15, 0.2) is 51.6 Å². The number of rotatable bonds is 9. The summed E-state index contributed by atoms with van der Waals surface area (Å²) in [7, 11) is 1.65. The van der Waals surface area contributed by atoms with Crippen molar-refractivity contribution in [1.29, 1.82) is 0 Å². The Hall–Kier alpha value is -1.20. The number of hydrogen-bond donors (Lipinski definition) is 1. The van der Waals surface area contributed by atoms with Crippen LogP contribution in [0.1, 0.15) is 0 Å². The summed E-state index contributed by atoms with van der Waals surface area (Å²) < 4.78 is 14.5. The Labute approximate surface area is 118 Å². The molecule has 0 rings (SSSR count). The van der Waals surface area contributed by atoms with E-state index in [1.54, 1.807) is 19.3 Å². The van der Waals surface area contributed by atoms with Gasteiger partial charge in [0.15, 0.2) is 0 Å². The van der Waals surface area contributed by atoms with Crippen LogP contribution >= 0.6 is 0 Å². The normalized spacial score (nSPS) is 7.47. The molecule has 0 atom stereocenters. The van der Waals surface area contributed by atoms with Gasteiger partial charge in [-0.2, -0.15) is 0 Å². The largest absolute Gasteiger partial charge is 0.394 e. The van der Waals surface area contributed by atoms with Gasteiger partial charge < -0.3 is 19.3 Å². The fourth-order valence-corrected chi connectivity index (χ4v) is 0.540. The maximum absolute atomic E-state index is 8.13. The number of hydrogen-bond acceptors (Lipinski definition) is 4. The van der Waals surface area contributed by atoms with Crippen LogP contribution in [0.5, 0.6) is 0 Å². The zero-order valence-corrected chi connectivity index (χ0v) is 12.3. The molecule has 19 heavy (non-hydrogen) atoms. The average molecular weight is 274 g/mol. The van der Waals surface area contributed by atoms with E-state index in [1.165, 1.54) is 0 Å². The highest BCUT2D eigenvalue weighted by atomic mass is 16.5. The molecule has 1 N–H and O–H groups in total. The topological polar surface area (TPSA) is 47.9 Å². The first-order valence-electron chi connectivity index (χ1n) is 5.80. The SMILES string of the molecule is C=C.C=C.C=CCOCCO.C=CCOCCOC. The molecule has 0 spiro atoms. The molecule has 0 aliphatic rings. The second kappa shape index (κ2) is 43.7. The van der Waals surface area contributed by atoms with E-state index in [9.17, 15) is 0 Å². The van der Waals surface area contributed by atoms with Crippen LogP contribution < -0.4 is 0 Å². The lowest BCUT2D eigenvalue weighted by Crippen LogP contribution is -2.00. The maximum atomic E-state index is 8.13. The van der Waals surface area contributed by atoms with Gasteiger partial charge in [-0.15, -0.1) is 39.5 Å². The van der Waals surface area contributed by atoms with Crippen LogP contribution in [0.4, 0.5) is 0 Å². The quantitative estimate of drug-likeness (QED) is 0.518. The predicted octanol–water partition coefficient (Wildman–Crippen LogP) is 2.62. The fourth-order valence-electron chi connectivity index (χ4n) is 0.540. The monoisotopic (exact) mass is 274 g/mol. The third-order valence-electron chi connectivity index (χ3n) is 1.14. The van der Waals surface area contributed by atoms with Crippen molar-refractivity contribution in [1.82, 2.24) is 0 Å². The lowest BCUT2D eigenvalue weighted by Gasteiger charge is -1.96. The molecular weight excluding hydrogens is 244 g/mol. The number of ether oxygens (including phenoxy) is 3. The van der Waals surface area contributed by atoms with Crippen molar-refractivity contribution < 1.29 is 19.3 Å². The molecule has 0 radical (unpaired) electrons. The molecule has 0 aromatic heterocycles. The summed E-state index contributed by atoms with van der Waals surface area (Å²) in [5, 5.41) is 8.13. The summed E-state index contributed by atoms with van der Waals surface area (Å²) in [5.41, 5.74) is 0. The lowest BCUT2D eigenvalue weighted by atomic mass is 10.7. The zero-order valence-electron chi connectivity index (χ0n) is 12.3. The van der Waals surface area contributed by atoms with Crippen molar-refractivity contribution in [2.45, 2.75) is 0 Å². The molecule has 0 heterocycles. The van der Waals surface area contributed by atoms with E-state index in [1.807, 2.05) is 0 Å². The molecule has 114 valence electrons. The van der Waals surface area contributed by atoms with E-state index in [4.69, 9.17) is 19.3 Å². The highest BCUT2D eigenvalue weighted by Crippen LogP contribution is 1.74. The first-order chi connectivity index (χ1) is 9.33. The van der Waals surface area contributed by atoms with Gasteiger partial charge in [0, 0.05) is 7.11 Å². The molecule has 0 amide bonds. The maximum Gasteiger partial charge on any atom is 0.0704 e. The van der Waals surface area contributed by atoms with Crippen molar-refractivity contribution in [3.63, 3.8) is 0 Å². The second-order valence-electron chi connectivity index (χ2n) is 2.44. The zero-order chi connectivity index (χ0) is 15.8. The van der Waals surface area contributed by atoms with Gasteiger partial charge in [0.25, 0.3) is 0 Å². The first-order valence-corrected chi connectivity index (χ1v) is 5.80. The van der Waals surface area contributed by atoms with Crippen LogP contribution in [0.2, 0.25) is 0 Å². The van der Waals surface area contributed by atoms with Gasteiger partial charge in [-0.05, 0) is 0 Å². The molecule has 0 aromatic carbocycles. The van der Waals surface area contributed by atoms with Crippen LogP contribution in [-0.4, -0.2) is 51.9 Å². The van der Waals surface area contributed by atoms with E-state index in [2.05, 4.69) is 39.5 Å². The molecule has 0 aliphatic heterocycles. The Kier molecular flexibility index (Phi) is 60.6. The summed E-state index contributed by atoms with van der Waals surface area (Å²) in [5.74, 6) is 0. The summed E-state index contributed by atoms with van der Waals surface area (Å²) >= 11 is 0. The van der Waals surface area contributed by atoms with Crippen molar-refractivity contribution in [2.24, 2.45) is 0 Å². The number of aliphatic hydroxyl groups is 1. The number of aliphatic hydroxyl groups excluding tert-OH is 1. The van der Waals surface area contributed by atoms with Crippen LogP contribution in [0.25, 0.3) is 0 Å². The van der Waals surface area contributed by atoms with Gasteiger partial charge >= 0.3 is 0 Å². The Bertz CT molecular complexity index is 147. The molecule has 0 aliphatic carbocycles. The van der Waals surface area contributed by atoms with E-state index in [0.29, 0.717) is 33.0 Å². The van der Waals surface area contributed by atoms with Crippen LogP contribution in [0, 0.1) is 0 Å². The average Bonchev–Trinajstić information content (AvgIpc) is 2.49.